The van der Waals surface area contributed by atoms with Crippen LogP contribution in [0, 0.1) is 21.4 Å². The van der Waals surface area contributed by atoms with E-state index in [1.165, 1.54) is 13.0 Å². The SMILES string of the molecule is CCOC(=O)C1=NC(Oc2cccc(C3=NCCN3C)c2)N(OC)C(Oc2cc(C#N)ccc2C(=O)O)=C1[N+](=O)[O-]. The van der Waals surface area contributed by atoms with Crippen LogP contribution in [0.4, 0.5) is 0 Å². The van der Waals surface area contributed by atoms with E-state index in [1.807, 2.05) is 24.1 Å². The number of likely N-dealkylation sites (N-methyl/N-ethyl adjacent to an activating group) is 1. The lowest BCUT2D eigenvalue weighted by Gasteiger charge is -2.32. The van der Waals surface area contributed by atoms with Crippen molar-refractivity contribution in [3.05, 3.63) is 80.8 Å². The van der Waals surface area contributed by atoms with Gasteiger partial charge in [0.25, 0.3) is 6.35 Å². The topological polar surface area (TPSA) is 189 Å². The molecule has 2 aliphatic heterocycles. The summed E-state index contributed by atoms with van der Waals surface area (Å²) in [4.78, 5) is 51.9. The van der Waals surface area contributed by atoms with E-state index in [2.05, 4.69) is 9.98 Å². The van der Waals surface area contributed by atoms with Gasteiger partial charge in [0.15, 0.2) is 0 Å². The van der Waals surface area contributed by atoms with Crippen LogP contribution in [0.25, 0.3) is 0 Å². The molecule has 2 aromatic carbocycles. The normalized spacial score (nSPS) is 16.5. The quantitative estimate of drug-likeness (QED) is 0.251. The second-order valence-corrected chi connectivity index (χ2v) is 8.45. The Morgan fingerprint density at radius 2 is 2.05 bits per heavy atom. The molecule has 1 unspecified atom stereocenters. The predicted molar refractivity (Wildman–Crippen MR) is 141 cm³/mol. The molecule has 1 N–H and O–H groups in total. The van der Waals surface area contributed by atoms with Gasteiger partial charge < -0.3 is 24.2 Å². The number of nitro groups is 1. The zero-order valence-electron chi connectivity index (χ0n) is 22.1. The minimum absolute atomic E-state index is 0.0109. The van der Waals surface area contributed by atoms with E-state index < -0.39 is 51.8 Å². The lowest BCUT2D eigenvalue weighted by molar-refractivity contribution is -0.422. The number of esters is 1. The van der Waals surface area contributed by atoms with Gasteiger partial charge in [0.1, 0.15) is 22.9 Å². The molecule has 2 aromatic rings. The molecule has 15 heteroatoms. The Balaban J connectivity index is 1.82. The summed E-state index contributed by atoms with van der Waals surface area (Å²) < 4.78 is 16.7. The smallest absolute Gasteiger partial charge is 0.364 e. The average molecular weight is 565 g/mol. The molecule has 0 spiro atoms. The average Bonchev–Trinajstić information content (AvgIpc) is 3.38. The molecule has 0 aromatic heterocycles. The molecule has 0 fully saturated rings. The highest BCUT2D eigenvalue weighted by Gasteiger charge is 2.45. The van der Waals surface area contributed by atoms with Crippen LogP contribution in [0.15, 0.2) is 64.0 Å². The number of amidine groups is 1. The highest BCUT2D eigenvalue weighted by Crippen LogP contribution is 2.31. The first-order valence-electron chi connectivity index (χ1n) is 12.1. The van der Waals surface area contributed by atoms with Crippen molar-refractivity contribution >= 4 is 23.5 Å². The van der Waals surface area contributed by atoms with Crippen LogP contribution in [0.3, 0.4) is 0 Å². The number of carboxylic acids is 1. The number of rotatable bonds is 10. The van der Waals surface area contributed by atoms with Crippen LogP contribution in [-0.4, -0.2) is 83.7 Å². The van der Waals surface area contributed by atoms with Crippen LogP contribution >= 0.6 is 0 Å². The van der Waals surface area contributed by atoms with Gasteiger partial charge in [-0.15, -0.1) is 0 Å². The molecule has 1 atom stereocenters. The van der Waals surface area contributed by atoms with Gasteiger partial charge in [-0.2, -0.15) is 10.3 Å². The number of hydrogen-bond acceptors (Lipinski definition) is 13. The number of hydroxylamine groups is 2. The second-order valence-electron chi connectivity index (χ2n) is 8.45. The summed E-state index contributed by atoms with van der Waals surface area (Å²) >= 11 is 0. The molecule has 212 valence electrons. The summed E-state index contributed by atoms with van der Waals surface area (Å²) in [6, 6.07) is 12.1. The molecule has 0 amide bonds. The Bertz CT molecular complexity index is 1530. The highest BCUT2D eigenvalue weighted by atomic mass is 16.7. The van der Waals surface area contributed by atoms with Crippen LogP contribution in [0.1, 0.15) is 28.4 Å². The zero-order chi connectivity index (χ0) is 29.7. The number of hydrogen-bond donors (Lipinski definition) is 1. The number of aliphatic imine (C=N–C) groups is 2. The van der Waals surface area contributed by atoms with Gasteiger partial charge >= 0.3 is 23.5 Å². The fraction of sp³-hybridized carbons (Fsp3) is 0.269. The van der Waals surface area contributed by atoms with Gasteiger partial charge in [-0.1, -0.05) is 12.1 Å². The molecule has 0 aliphatic carbocycles. The molecule has 2 aliphatic rings. The molecule has 0 saturated heterocycles. The fourth-order valence-electron chi connectivity index (χ4n) is 4.02. The minimum Gasteiger partial charge on any atom is -0.478 e. The number of carbonyl (C=O) groups excluding carboxylic acids is 1. The van der Waals surface area contributed by atoms with Crippen LogP contribution in [-0.2, 0) is 14.4 Å². The first-order chi connectivity index (χ1) is 19.7. The molecular weight excluding hydrogens is 540 g/mol. The van der Waals surface area contributed by atoms with E-state index in [0.29, 0.717) is 6.54 Å². The van der Waals surface area contributed by atoms with Gasteiger partial charge in [0, 0.05) is 19.2 Å². The first kappa shape index (κ1) is 28.5. The van der Waals surface area contributed by atoms with E-state index in [9.17, 15) is 30.1 Å². The van der Waals surface area contributed by atoms with E-state index in [0.717, 1.165) is 42.2 Å². The first-order valence-corrected chi connectivity index (χ1v) is 12.1. The Labute approximate surface area is 233 Å². The summed E-state index contributed by atoms with van der Waals surface area (Å²) in [6.45, 7) is 2.76. The minimum atomic E-state index is -1.57. The van der Waals surface area contributed by atoms with E-state index in [-0.39, 0.29) is 17.9 Å². The number of nitrogens with zero attached hydrogens (tertiary/aromatic N) is 6. The fourth-order valence-corrected chi connectivity index (χ4v) is 4.02. The lowest BCUT2D eigenvalue weighted by atomic mass is 10.1. The monoisotopic (exact) mass is 564 g/mol. The molecular formula is C26H24N6O9. The molecule has 0 bridgehead atoms. The molecule has 15 nitrogen and oxygen atoms in total. The maximum Gasteiger partial charge on any atom is 0.364 e. The number of nitriles is 1. The van der Waals surface area contributed by atoms with E-state index in [4.69, 9.17) is 19.0 Å². The van der Waals surface area contributed by atoms with Gasteiger partial charge in [0.05, 0.1) is 36.8 Å². The highest BCUT2D eigenvalue weighted by molar-refractivity contribution is 6.42. The van der Waals surface area contributed by atoms with Crippen molar-refractivity contribution in [3.63, 3.8) is 0 Å². The summed E-state index contributed by atoms with van der Waals surface area (Å²) in [7, 11) is 3.04. The van der Waals surface area contributed by atoms with Crippen molar-refractivity contribution in [1.82, 2.24) is 9.96 Å². The standard InChI is InChI=1S/C26H24N6O9/c1-4-39-25(35)20-21(32(36)37)23(41-19-12-15(14-27)8-9-18(19)24(33)34)31(38-3)26(29-20)40-17-7-5-6-16(13-17)22-28-10-11-30(22)2/h5-9,12-13,26H,4,10-11H2,1-3H3,(H,33,34). The van der Waals surface area contributed by atoms with Crippen LogP contribution in [0.5, 0.6) is 11.5 Å². The zero-order valence-corrected chi connectivity index (χ0v) is 22.1. The number of ether oxygens (including phenoxy) is 3. The summed E-state index contributed by atoms with van der Waals surface area (Å²) in [6.07, 6.45) is -1.57. The number of carbonyl (C=O) groups is 2. The number of aromatic carboxylic acids is 1. The van der Waals surface area contributed by atoms with E-state index >= 15 is 0 Å². The Hall–Kier alpha value is -5.49. The van der Waals surface area contributed by atoms with E-state index in [1.54, 1.807) is 18.2 Å². The molecule has 0 radical (unpaired) electrons. The lowest BCUT2D eigenvalue weighted by Crippen LogP contribution is -2.46. The molecule has 2 heterocycles. The predicted octanol–water partition coefficient (Wildman–Crippen LogP) is 2.02. The maximum absolute atomic E-state index is 12.8. The number of carboxylic acid groups (broad SMARTS) is 1. The van der Waals surface area contributed by atoms with Crippen molar-refractivity contribution in [2.24, 2.45) is 9.98 Å². The Morgan fingerprint density at radius 1 is 1.27 bits per heavy atom. The number of benzene rings is 2. The molecule has 0 saturated carbocycles. The van der Waals surface area contributed by atoms with Gasteiger partial charge in [-0.05, 0) is 37.3 Å². The third-order valence-corrected chi connectivity index (χ3v) is 5.86. The van der Waals surface area contributed by atoms with Gasteiger partial charge in [-0.3, -0.25) is 19.9 Å². The van der Waals surface area contributed by atoms with Gasteiger partial charge in [-0.25, -0.2) is 14.6 Å². The third kappa shape index (κ3) is 5.92. The molecule has 4 rings (SSSR count). The second kappa shape index (κ2) is 12.1. The van der Waals surface area contributed by atoms with Crippen LogP contribution in [0.2, 0.25) is 0 Å². The maximum atomic E-state index is 12.8. The summed E-state index contributed by atoms with van der Waals surface area (Å²) in [5.41, 5.74) is -1.40. The Morgan fingerprint density at radius 3 is 2.66 bits per heavy atom. The summed E-state index contributed by atoms with van der Waals surface area (Å²) in [5, 5.41) is 32.0. The van der Waals surface area contributed by atoms with Crippen molar-refractivity contribution in [3.8, 4) is 17.6 Å². The third-order valence-electron chi connectivity index (χ3n) is 5.86. The summed E-state index contributed by atoms with van der Waals surface area (Å²) in [5.74, 6) is -2.77. The van der Waals surface area contributed by atoms with Crippen molar-refractivity contribution in [1.29, 1.82) is 5.26 Å². The molecule has 41 heavy (non-hydrogen) atoms. The van der Waals surface area contributed by atoms with Crippen molar-refractivity contribution in [2.45, 2.75) is 13.3 Å². The Kier molecular flexibility index (Phi) is 8.44. The van der Waals surface area contributed by atoms with Crippen molar-refractivity contribution < 1.29 is 38.7 Å². The van der Waals surface area contributed by atoms with Crippen LogP contribution < -0.4 is 9.47 Å². The van der Waals surface area contributed by atoms with Crippen molar-refractivity contribution in [2.75, 3.05) is 33.9 Å². The van der Waals surface area contributed by atoms with Gasteiger partial charge in [0.2, 0.25) is 5.71 Å². The largest absolute Gasteiger partial charge is 0.478 e.